The van der Waals surface area contributed by atoms with Gasteiger partial charge in [0.2, 0.25) is 0 Å². The summed E-state index contributed by atoms with van der Waals surface area (Å²) in [6, 6.07) is 0. The molecule has 0 spiro atoms. The van der Waals surface area contributed by atoms with Crippen molar-refractivity contribution in [2.45, 2.75) is 32.8 Å². The lowest BCUT2D eigenvalue weighted by Crippen LogP contribution is -2.43. The number of ketones is 1. The normalized spacial score (nSPS) is 20.6. The van der Waals surface area contributed by atoms with Crippen LogP contribution in [0.1, 0.15) is 26.7 Å². The lowest BCUT2D eigenvalue weighted by molar-refractivity contribution is -0.141. The highest BCUT2D eigenvalue weighted by Gasteiger charge is 2.26. The Kier molecular flexibility index (Phi) is 3.63. The van der Waals surface area contributed by atoms with Crippen molar-refractivity contribution in [2.75, 3.05) is 13.1 Å². The van der Waals surface area contributed by atoms with Crippen molar-refractivity contribution in [1.29, 1.82) is 0 Å². The Balaban J connectivity index is 2.43. The number of amides is 1. The van der Waals surface area contributed by atoms with E-state index in [4.69, 9.17) is 5.11 Å². The first kappa shape index (κ1) is 11.2. The molecule has 1 saturated heterocycles. The Morgan fingerprint density at radius 3 is 2.21 bits per heavy atom. The molecule has 0 aromatic carbocycles. The van der Waals surface area contributed by atoms with Crippen LogP contribution in [0.4, 0.5) is 0 Å². The van der Waals surface area contributed by atoms with Gasteiger partial charge in [-0.25, -0.2) is 0 Å². The van der Waals surface area contributed by atoms with Gasteiger partial charge in [-0.3, -0.25) is 9.59 Å². The molecule has 1 heterocycles. The van der Waals surface area contributed by atoms with Gasteiger partial charge in [-0.15, -0.1) is 0 Å². The average Bonchev–Trinajstić information content (AvgIpc) is 2.16. The van der Waals surface area contributed by atoms with Gasteiger partial charge >= 0.3 is 0 Å². The van der Waals surface area contributed by atoms with Crippen LogP contribution >= 0.6 is 0 Å². The summed E-state index contributed by atoms with van der Waals surface area (Å²) >= 11 is 0. The van der Waals surface area contributed by atoms with E-state index in [0.29, 0.717) is 13.1 Å². The number of carbonyl (C=O) groups is 2. The number of likely N-dealkylation sites (tertiary alicyclic amines) is 1. The molecule has 0 bridgehead atoms. The van der Waals surface area contributed by atoms with Crippen LogP contribution in [-0.4, -0.2) is 40.9 Å². The SMILES string of the molecule is CC(=O)C1CCN(C(=O)[C@H](C)O)CC1. The lowest BCUT2D eigenvalue weighted by atomic mass is 9.93. The summed E-state index contributed by atoms with van der Waals surface area (Å²) in [6.07, 6.45) is 0.533. The zero-order chi connectivity index (χ0) is 10.7. The molecule has 1 fully saturated rings. The van der Waals surface area contributed by atoms with Crippen molar-refractivity contribution in [3.63, 3.8) is 0 Å². The molecule has 80 valence electrons. The topological polar surface area (TPSA) is 57.6 Å². The Hall–Kier alpha value is -0.900. The fraction of sp³-hybridized carbons (Fsp3) is 0.800. The van der Waals surface area contributed by atoms with Gasteiger partial charge in [0.25, 0.3) is 5.91 Å². The predicted molar refractivity (Wildman–Crippen MR) is 51.7 cm³/mol. The Labute approximate surface area is 83.9 Å². The summed E-state index contributed by atoms with van der Waals surface area (Å²) < 4.78 is 0. The van der Waals surface area contributed by atoms with Gasteiger partial charge in [0.05, 0.1) is 0 Å². The molecular formula is C10H17NO3. The van der Waals surface area contributed by atoms with E-state index in [1.165, 1.54) is 6.92 Å². The molecule has 4 heteroatoms. The minimum absolute atomic E-state index is 0.105. The Morgan fingerprint density at radius 1 is 1.36 bits per heavy atom. The van der Waals surface area contributed by atoms with E-state index >= 15 is 0 Å². The van der Waals surface area contributed by atoms with Gasteiger partial charge in [0.1, 0.15) is 11.9 Å². The van der Waals surface area contributed by atoms with E-state index in [9.17, 15) is 9.59 Å². The zero-order valence-electron chi connectivity index (χ0n) is 8.69. The van der Waals surface area contributed by atoms with Crippen LogP contribution in [0.2, 0.25) is 0 Å². The molecule has 0 aliphatic carbocycles. The number of rotatable bonds is 2. The molecular weight excluding hydrogens is 182 g/mol. The lowest BCUT2D eigenvalue weighted by Gasteiger charge is -2.31. The van der Waals surface area contributed by atoms with Gasteiger partial charge in [0.15, 0.2) is 0 Å². The van der Waals surface area contributed by atoms with Crippen LogP contribution in [0.3, 0.4) is 0 Å². The highest BCUT2D eigenvalue weighted by molar-refractivity contribution is 5.81. The highest BCUT2D eigenvalue weighted by Crippen LogP contribution is 2.18. The molecule has 0 unspecified atom stereocenters. The molecule has 0 saturated carbocycles. The average molecular weight is 199 g/mol. The van der Waals surface area contributed by atoms with Crippen molar-refractivity contribution in [3.8, 4) is 0 Å². The van der Waals surface area contributed by atoms with Crippen molar-refractivity contribution in [2.24, 2.45) is 5.92 Å². The number of hydrogen-bond acceptors (Lipinski definition) is 3. The maximum absolute atomic E-state index is 11.4. The number of Topliss-reactive ketones (excluding diaryl/α,β-unsaturated/α-hetero) is 1. The summed E-state index contributed by atoms with van der Waals surface area (Å²) in [5.74, 6) is 0.0780. The van der Waals surface area contributed by atoms with Crippen molar-refractivity contribution >= 4 is 11.7 Å². The molecule has 1 amide bonds. The molecule has 1 rings (SSSR count). The van der Waals surface area contributed by atoms with Crippen LogP contribution < -0.4 is 0 Å². The van der Waals surface area contributed by atoms with Crippen molar-refractivity contribution in [3.05, 3.63) is 0 Å². The molecule has 1 atom stereocenters. The fourth-order valence-corrected chi connectivity index (χ4v) is 1.77. The minimum atomic E-state index is -0.927. The minimum Gasteiger partial charge on any atom is -0.384 e. The first-order valence-corrected chi connectivity index (χ1v) is 4.99. The van der Waals surface area contributed by atoms with Crippen LogP contribution in [0.15, 0.2) is 0 Å². The zero-order valence-corrected chi connectivity index (χ0v) is 8.69. The Morgan fingerprint density at radius 2 is 1.86 bits per heavy atom. The van der Waals surface area contributed by atoms with Gasteiger partial charge in [-0.05, 0) is 26.7 Å². The first-order chi connectivity index (χ1) is 6.52. The quantitative estimate of drug-likeness (QED) is 0.691. The number of aliphatic hydroxyl groups excluding tert-OH is 1. The maximum Gasteiger partial charge on any atom is 0.251 e. The number of carbonyl (C=O) groups excluding carboxylic acids is 2. The third kappa shape index (κ3) is 2.54. The summed E-state index contributed by atoms with van der Waals surface area (Å²) in [4.78, 5) is 24.1. The van der Waals surface area contributed by atoms with E-state index in [1.54, 1.807) is 11.8 Å². The first-order valence-electron chi connectivity index (χ1n) is 4.99. The van der Waals surface area contributed by atoms with E-state index in [2.05, 4.69) is 0 Å². The number of hydrogen-bond donors (Lipinski definition) is 1. The smallest absolute Gasteiger partial charge is 0.251 e. The summed E-state index contributed by atoms with van der Waals surface area (Å²) in [6.45, 7) is 4.25. The van der Waals surface area contributed by atoms with E-state index < -0.39 is 6.10 Å². The molecule has 14 heavy (non-hydrogen) atoms. The summed E-state index contributed by atoms with van der Waals surface area (Å²) in [7, 11) is 0. The van der Waals surface area contributed by atoms with Crippen LogP contribution in [0.5, 0.6) is 0 Å². The molecule has 1 N–H and O–H groups in total. The summed E-state index contributed by atoms with van der Waals surface area (Å²) in [5, 5.41) is 9.09. The molecule has 1 aliphatic rings. The third-order valence-corrected chi connectivity index (χ3v) is 2.74. The molecule has 1 aliphatic heterocycles. The van der Waals surface area contributed by atoms with Crippen LogP contribution in [0, 0.1) is 5.92 Å². The van der Waals surface area contributed by atoms with Gasteiger partial charge in [-0.2, -0.15) is 0 Å². The third-order valence-electron chi connectivity index (χ3n) is 2.74. The van der Waals surface area contributed by atoms with Gasteiger partial charge in [-0.1, -0.05) is 0 Å². The number of aliphatic hydroxyl groups is 1. The fourth-order valence-electron chi connectivity index (χ4n) is 1.77. The predicted octanol–water partition coefficient (Wildman–Crippen LogP) is 0.195. The van der Waals surface area contributed by atoms with Gasteiger partial charge in [0, 0.05) is 19.0 Å². The number of nitrogens with zero attached hydrogens (tertiary/aromatic N) is 1. The molecule has 0 aromatic rings. The molecule has 4 nitrogen and oxygen atoms in total. The molecule has 0 radical (unpaired) electrons. The maximum atomic E-state index is 11.4. The standard InChI is InChI=1S/C10H17NO3/c1-7(12)9-3-5-11(6-4-9)10(14)8(2)13/h8-9,13H,3-6H2,1-2H3/t8-/m0/s1. The highest BCUT2D eigenvalue weighted by atomic mass is 16.3. The second-order valence-corrected chi connectivity index (χ2v) is 3.89. The van der Waals surface area contributed by atoms with Gasteiger partial charge < -0.3 is 10.0 Å². The van der Waals surface area contributed by atoms with Crippen molar-refractivity contribution < 1.29 is 14.7 Å². The monoisotopic (exact) mass is 199 g/mol. The Bertz CT molecular complexity index is 230. The second-order valence-electron chi connectivity index (χ2n) is 3.89. The van der Waals surface area contributed by atoms with E-state index in [1.807, 2.05) is 0 Å². The molecule has 0 aromatic heterocycles. The van der Waals surface area contributed by atoms with E-state index in [-0.39, 0.29) is 17.6 Å². The summed E-state index contributed by atoms with van der Waals surface area (Å²) in [5.41, 5.74) is 0. The van der Waals surface area contributed by atoms with Crippen LogP contribution in [-0.2, 0) is 9.59 Å². The van der Waals surface area contributed by atoms with Crippen molar-refractivity contribution in [1.82, 2.24) is 4.90 Å². The second kappa shape index (κ2) is 4.55. The number of piperidine rings is 1. The van der Waals surface area contributed by atoms with Crippen LogP contribution in [0.25, 0.3) is 0 Å². The van der Waals surface area contributed by atoms with E-state index in [0.717, 1.165) is 12.8 Å². The largest absolute Gasteiger partial charge is 0.384 e.